The number of nitrogens with two attached hydrogens (primary N) is 1. The van der Waals surface area contributed by atoms with Gasteiger partial charge in [0, 0.05) is 17.8 Å². The molecule has 112 valence electrons. The first kappa shape index (κ1) is 13.9. The van der Waals surface area contributed by atoms with Crippen molar-refractivity contribution in [3.05, 3.63) is 59.8 Å². The Morgan fingerprint density at radius 3 is 2.77 bits per heavy atom. The molecule has 0 amide bonds. The first-order valence-electron chi connectivity index (χ1n) is 6.44. The lowest BCUT2D eigenvalue weighted by molar-refractivity contribution is 0.560. The molecule has 6 nitrogen and oxygen atoms in total. The Kier molecular flexibility index (Phi) is 3.65. The number of benzene rings is 1. The van der Waals surface area contributed by atoms with Crippen LogP contribution in [0.3, 0.4) is 0 Å². The number of pyridine rings is 1. The van der Waals surface area contributed by atoms with Gasteiger partial charge in [0.05, 0.1) is 6.54 Å². The lowest BCUT2D eigenvalue weighted by Gasteiger charge is -2.04. The van der Waals surface area contributed by atoms with Crippen molar-refractivity contribution in [2.75, 3.05) is 11.1 Å². The Bertz CT molecular complexity index is 787. The van der Waals surface area contributed by atoms with Crippen LogP contribution in [0.25, 0.3) is 0 Å². The number of nitrogens with zero attached hydrogens (tertiary/aromatic N) is 4. The normalized spacial score (nSPS) is 10.6. The molecule has 0 radical (unpaired) electrons. The van der Waals surface area contributed by atoms with Crippen molar-refractivity contribution < 1.29 is 8.78 Å². The summed E-state index contributed by atoms with van der Waals surface area (Å²) in [6, 6.07) is 8.68. The summed E-state index contributed by atoms with van der Waals surface area (Å²) in [6.45, 7) is 0.0504. The maximum atomic E-state index is 13.7. The maximum Gasteiger partial charge on any atom is 0.249 e. The number of rotatable bonds is 4. The molecule has 0 saturated heterocycles. The highest BCUT2D eigenvalue weighted by Gasteiger charge is 2.11. The van der Waals surface area contributed by atoms with Crippen molar-refractivity contribution in [1.82, 2.24) is 19.7 Å². The van der Waals surface area contributed by atoms with E-state index in [2.05, 4.69) is 20.4 Å². The molecule has 0 fully saturated rings. The average Bonchev–Trinajstić information content (AvgIpc) is 2.83. The van der Waals surface area contributed by atoms with Crippen LogP contribution < -0.4 is 11.1 Å². The fraction of sp³-hybridized carbons (Fsp3) is 0.0714. The summed E-state index contributed by atoms with van der Waals surface area (Å²) in [5, 5.41) is 7.02. The summed E-state index contributed by atoms with van der Waals surface area (Å²) in [7, 11) is 0. The van der Waals surface area contributed by atoms with Crippen LogP contribution in [-0.4, -0.2) is 19.7 Å². The quantitative estimate of drug-likeness (QED) is 0.773. The zero-order chi connectivity index (χ0) is 15.5. The van der Waals surface area contributed by atoms with E-state index in [0.717, 1.165) is 6.07 Å². The van der Waals surface area contributed by atoms with E-state index in [9.17, 15) is 8.78 Å². The summed E-state index contributed by atoms with van der Waals surface area (Å²) >= 11 is 0. The fourth-order valence-corrected chi connectivity index (χ4v) is 1.89. The minimum atomic E-state index is -0.658. The van der Waals surface area contributed by atoms with Gasteiger partial charge in [-0.3, -0.25) is 0 Å². The summed E-state index contributed by atoms with van der Waals surface area (Å²) in [4.78, 5) is 8.11. The van der Waals surface area contributed by atoms with Crippen LogP contribution in [0.4, 0.5) is 26.5 Å². The van der Waals surface area contributed by atoms with Crippen molar-refractivity contribution in [2.24, 2.45) is 0 Å². The third-order valence-corrected chi connectivity index (χ3v) is 2.94. The van der Waals surface area contributed by atoms with Gasteiger partial charge in [0.25, 0.3) is 0 Å². The molecule has 3 rings (SSSR count). The van der Waals surface area contributed by atoms with Gasteiger partial charge in [-0.25, -0.2) is 18.4 Å². The van der Waals surface area contributed by atoms with Gasteiger partial charge in [-0.15, -0.1) is 5.10 Å². The summed E-state index contributed by atoms with van der Waals surface area (Å²) in [5.41, 5.74) is 6.02. The van der Waals surface area contributed by atoms with Gasteiger partial charge >= 0.3 is 0 Å². The van der Waals surface area contributed by atoms with Crippen molar-refractivity contribution in [1.29, 1.82) is 0 Å². The molecule has 0 bridgehead atoms. The summed E-state index contributed by atoms with van der Waals surface area (Å²) in [6.07, 6.45) is 1.62. The molecule has 0 atom stereocenters. The van der Waals surface area contributed by atoms with Crippen LogP contribution >= 0.6 is 0 Å². The fourth-order valence-electron chi connectivity index (χ4n) is 1.89. The molecule has 0 unspecified atom stereocenters. The lowest BCUT2D eigenvalue weighted by Crippen LogP contribution is -2.08. The topological polar surface area (TPSA) is 81.7 Å². The molecule has 2 heterocycles. The van der Waals surface area contributed by atoms with Gasteiger partial charge in [0.15, 0.2) is 0 Å². The molecule has 2 aromatic heterocycles. The zero-order valence-corrected chi connectivity index (χ0v) is 11.4. The second-order valence-electron chi connectivity index (χ2n) is 4.53. The molecule has 3 N–H and O–H groups in total. The van der Waals surface area contributed by atoms with Gasteiger partial charge in [-0.1, -0.05) is 12.1 Å². The van der Waals surface area contributed by atoms with Crippen LogP contribution in [0.15, 0.2) is 42.6 Å². The highest BCUT2D eigenvalue weighted by atomic mass is 19.1. The number of nitrogens with one attached hydrogen (secondary N) is 1. The Hall–Kier alpha value is -3.03. The third kappa shape index (κ3) is 3.00. The van der Waals surface area contributed by atoms with E-state index in [-0.39, 0.29) is 24.0 Å². The zero-order valence-electron chi connectivity index (χ0n) is 11.4. The Balaban J connectivity index is 1.80. The number of nitrogen functional groups attached to an aromatic ring is 1. The van der Waals surface area contributed by atoms with E-state index >= 15 is 0 Å². The van der Waals surface area contributed by atoms with E-state index < -0.39 is 11.6 Å². The SMILES string of the molecule is Nc1nc(Nc2ccccn2)nn1Cc1ccc(F)cc1F. The minimum absolute atomic E-state index is 0.0504. The van der Waals surface area contributed by atoms with Crippen molar-refractivity contribution in [2.45, 2.75) is 6.54 Å². The van der Waals surface area contributed by atoms with Gasteiger partial charge < -0.3 is 11.1 Å². The van der Waals surface area contributed by atoms with Gasteiger partial charge in [-0.05, 0) is 18.2 Å². The second kappa shape index (κ2) is 5.76. The van der Waals surface area contributed by atoms with Crippen molar-refractivity contribution in [3.63, 3.8) is 0 Å². The Morgan fingerprint density at radius 1 is 1.18 bits per heavy atom. The Morgan fingerprint density at radius 2 is 2.05 bits per heavy atom. The van der Waals surface area contributed by atoms with Crippen molar-refractivity contribution in [3.8, 4) is 0 Å². The van der Waals surface area contributed by atoms with Gasteiger partial charge in [0.1, 0.15) is 17.5 Å². The molecule has 0 saturated carbocycles. The number of halogens is 2. The largest absolute Gasteiger partial charge is 0.368 e. The molecular formula is C14H12F2N6. The molecular weight excluding hydrogens is 290 g/mol. The second-order valence-corrected chi connectivity index (χ2v) is 4.53. The molecule has 0 spiro atoms. The van der Waals surface area contributed by atoms with E-state index in [1.807, 2.05) is 6.07 Å². The predicted octanol–water partition coefficient (Wildman–Crippen LogP) is 2.33. The molecule has 22 heavy (non-hydrogen) atoms. The van der Waals surface area contributed by atoms with E-state index in [1.165, 1.54) is 16.8 Å². The number of aromatic nitrogens is 4. The van der Waals surface area contributed by atoms with Crippen LogP contribution in [0.1, 0.15) is 5.56 Å². The average molecular weight is 302 g/mol. The first-order chi connectivity index (χ1) is 10.6. The molecule has 8 heteroatoms. The highest BCUT2D eigenvalue weighted by Crippen LogP contribution is 2.15. The first-order valence-corrected chi connectivity index (χ1v) is 6.44. The monoisotopic (exact) mass is 302 g/mol. The van der Waals surface area contributed by atoms with E-state index in [0.29, 0.717) is 5.82 Å². The van der Waals surface area contributed by atoms with Crippen LogP contribution in [-0.2, 0) is 6.54 Å². The summed E-state index contributed by atoms with van der Waals surface area (Å²) in [5.74, 6) is -0.368. The Labute approximate surface area is 124 Å². The van der Waals surface area contributed by atoms with Gasteiger partial charge in [0.2, 0.25) is 11.9 Å². The molecule has 0 aliphatic heterocycles. The van der Waals surface area contributed by atoms with Crippen LogP contribution in [0.2, 0.25) is 0 Å². The molecule has 3 aromatic rings. The number of hydrogen-bond donors (Lipinski definition) is 2. The van der Waals surface area contributed by atoms with Crippen molar-refractivity contribution >= 4 is 17.7 Å². The number of anilines is 3. The number of hydrogen-bond acceptors (Lipinski definition) is 5. The molecule has 1 aromatic carbocycles. The van der Waals surface area contributed by atoms with Gasteiger partial charge in [-0.2, -0.15) is 4.98 Å². The third-order valence-electron chi connectivity index (χ3n) is 2.94. The van der Waals surface area contributed by atoms with Crippen LogP contribution in [0, 0.1) is 11.6 Å². The highest BCUT2D eigenvalue weighted by molar-refractivity contribution is 5.48. The van der Waals surface area contributed by atoms with E-state index in [1.54, 1.807) is 18.3 Å². The molecule has 0 aliphatic carbocycles. The van der Waals surface area contributed by atoms with Crippen LogP contribution in [0.5, 0.6) is 0 Å². The predicted molar refractivity (Wildman–Crippen MR) is 77.4 cm³/mol. The standard InChI is InChI=1S/C14H12F2N6/c15-10-5-4-9(11(16)7-10)8-22-13(17)20-14(21-22)19-12-3-1-2-6-18-12/h1-7H,8H2,(H3,17,18,19,20,21). The maximum absolute atomic E-state index is 13.7. The van der Waals surface area contributed by atoms with E-state index in [4.69, 9.17) is 5.73 Å². The summed E-state index contributed by atoms with van der Waals surface area (Å²) < 4.78 is 27.9. The minimum Gasteiger partial charge on any atom is -0.368 e. The lowest BCUT2D eigenvalue weighted by atomic mass is 10.2. The smallest absolute Gasteiger partial charge is 0.249 e. The molecule has 0 aliphatic rings.